The Kier molecular flexibility index (Phi) is 3.14. The van der Waals surface area contributed by atoms with Gasteiger partial charge < -0.3 is 16.0 Å². The number of aromatic nitrogens is 2. The Balaban J connectivity index is 2.14. The van der Waals surface area contributed by atoms with Gasteiger partial charge in [0.1, 0.15) is 11.5 Å². The van der Waals surface area contributed by atoms with Gasteiger partial charge in [-0.1, -0.05) is 0 Å². The molecule has 0 radical (unpaired) electrons. The first-order chi connectivity index (χ1) is 7.66. The molecule has 1 aromatic rings. The summed E-state index contributed by atoms with van der Waals surface area (Å²) < 4.78 is 0. The van der Waals surface area contributed by atoms with Gasteiger partial charge >= 0.3 is 0 Å². The van der Waals surface area contributed by atoms with Gasteiger partial charge in [-0.05, 0) is 19.8 Å². The lowest BCUT2D eigenvalue weighted by Crippen LogP contribution is -2.40. The van der Waals surface area contributed by atoms with Gasteiger partial charge in [0.25, 0.3) is 0 Å². The molecule has 3 N–H and O–H groups in total. The monoisotopic (exact) mass is 219 g/mol. The van der Waals surface area contributed by atoms with Crippen molar-refractivity contribution in [2.24, 2.45) is 5.73 Å². The van der Waals surface area contributed by atoms with Crippen LogP contribution in [0.1, 0.15) is 25.5 Å². The Bertz CT molecular complexity index is 382. The molecule has 1 aliphatic heterocycles. The minimum absolute atomic E-state index is 0.317. The van der Waals surface area contributed by atoms with E-state index >= 15 is 0 Å². The molecular formula is C11H17N5. The molecule has 0 saturated carbocycles. The topological polar surface area (TPSA) is 78.9 Å². The van der Waals surface area contributed by atoms with E-state index < -0.39 is 0 Å². The van der Waals surface area contributed by atoms with Crippen LogP contribution in [0.5, 0.6) is 0 Å². The van der Waals surface area contributed by atoms with Gasteiger partial charge in [0.15, 0.2) is 0 Å². The summed E-state index contributed by atoms with van der Waals surface area (Å²) in [6, 6.07) is 0.317. The van der Waals surface area contributed by atoms with E-state index in [1.807, 2.05) is 0 Å². The lowest BCUT2D eigenvalue weighted by Gasteiger charge is -2.30. The van der Waals surface area contributed by atoms with Crippen LogP contribution in [-0.2, 0) is 0 Å². The molecular weight excluding hydrogens is 202 g/mol. The summed E-state index contributed by atoms with van der Waals surface area (Å²) in [6.45, 7) is 3.58. The number of rotatable bonds is 2. The molecule has 1 fully saturated rings. The van der Waals surface area contributed by atoms with E-state index in [2.05, 4.69) is 14.9 Å². The number of nitrogens with one attached hydrogen (secondary N) is 1. The third-order valence-corrected chi connectivity index (χ3v) is 2.87. The third-order valence-electron chi connectivity index (χ3n) is 2.87. The number of anilines is 1. The normalized spacial score (nSPS) is 17.5. The minimum Gasteiger partial charge on any atom is -0.355 e. The van der Waals surface area contributed by atoms with Crippen molar-refractivity contribution in [3.05, 3.63) is 18.1 Å². The van der Waals surface area contributed by atoms with E-state index in [4.69, 9.17) is 11.1 Å². The van der Waals surface area contributed by atoms with Gasteiger partial charge in [-0.15, -0.1) is 0 Å². The molecule has 0 atom stereocenters. The van der Waals surface area contributed by atoms with Crippen molar-refractivity contribution in [1.82, 2.24) is 9.97 Å². The number of hydrogen-bond donors (Lipinski definition) is 2. The zero-order valence-electron chi connectivity index (χ0n) is 9.48. The van der Waals surface area contributed by atoms with Crippen LogP contribution in [0.25, 0.3) is 0 Å². The first kappa shape index (κ1) is 11.0. The summed E-state index contributed by atoms with van der Waals surface area (Å²) in [5.74, 6) is 0.857. The summed E-state index contributed by atoms with van der Waals surface area (Å²) in [5.41, 5.74) is 6.95. The maximum Gasteiger partial charge on any atom is 0.147 e. The van der Waals surface area contributed by atoms with Gasteiger partial charge in [0.2, 0.25) is 0 Å². The first-order valence-electron chi connectivity index (χ1n) is 5.55. The second-order valence-electron chi connectivity index (χ2n) is 4.21. The zero-order chi connectivity index (χ0) is 11.5. The average molecular weight is 219 g/mol. The molecule has 0 unspecified atom stereocenters. The van der Waals surface area contributed by atoms with E-state index in [1.165, 1.54) is 0 Å². The van der Waals surface area contributed by atoms with Crippen LogP contribution in [0.2, 0.25) is 0 Å². The van der Waals surface area contributed by atoms with E-state index in [-0.39, 0.29) is 0 Å². The van der Waals surface area contributed by atoms with E-state index in [1.54, 1.807) is 19.3 Å². The largest absolute Gasteiger partial charge is 0.355 e. The average Bonchev–Trinajstić information content (AvgIpc) is 2.30. The number of piperidine rings is 1. The number of hydrogen-bond acceptors (Lipinski definition) is 5. The molecule has 0 amide bonds. The lowest BCUT2D eigenvalue weighted by molar-refractivity contribution is 0.498. The highest BCUT2D eigenvalue weighted by molar-refractivity contribution is 5.94. The Morgan fingerprint density at radius 3 is 2.75 bits per heavy atom. The molecule has 5 nitrogen and oxygen atoms in total. The second kappa shape index (κ2) is 4.57. The van der Waals surface area contributed by atoms with Gasteiger partial charge in [-0.2, -0.15) is 0 Å². The maximum absolute atomic E-state index is 7.54. The molecule has 0 aromatic carbocycles. The smallest absolute Gasteiger partial charge is 0.147 e. The number of nitrogens with zero attached hydrogens (tertiary/aromatic N) is 3. The van der Waals surface area contributed by atoms with Crippen molar-refractivity contribution >= 4 is 11.5 Å². The molecule has 16 heavy (non-hydrogen) atoms. The Labute approximate surface area is 95.2 Å². The van der Waals surface area contributed by atoms with Gasteiger partial charge in [0, 0.05) is 19.1 Å². The van der Waals surface area contributed by atoms with Crippen molar-refractivity contribution in [2.75, 3.05) is 18.0 Å². The Morgan fingerprint density at radius 2 is 2.12 bits per heavy atom. The SMILES string of the molecule is CC(=N)c1cncc(N2CCC(N)CC2)n1. The quantitative estimate of drug-likeness (QED) is 0.721. The molecule has 86 valence electrons. The summed E-state index contributed by atoms with van der Waals surface area (Å²) in [4.78, 5) is 10.7. The molecule has 0 bridgehead atoms. The van der Waals surface area contributed by atoms with Crippen molar-refractivity contribution < 1.29 is 0 Å². The summed E-state index contributed by atoms with van der Waals surface area (Å²) >= 11 is 0. The fraction of sp³-hybridized carbons (Fsp3) is 0.545. The Hall–Kier alpha value is -1.49. The van der Waals surface area contributed by atoms with Crippen LogP contribution in [-0.4, -0.2) is 34.8 Å². The molecule has 2 heterocycles. The molecule has 0 aliphatic carbocycles. The van der Waals surface area contributed by atoms with Crippen molar-refractivity contribution in [3.8, 4) is 0 Å². The standard InChI is InChI=1S/C11H17N5/c1-8(12)10-6-14-7-11(15-10)16-4-2-9(13)3-5-16/h6-7,9,12H,2-5,13H2,1H3. The van der Waals surface area contributed by atoms with Gasteiger partial charge in [0.05, 0.1) is 18.1 Å². The zero-order valence-corrected chi connectivity index (χ0v) is 9.48. The van der Waals surface area contributed by atoms with E-state index in [0.717, 1.165) is 31.7 Å². The van der Waals surface area contributed by atoms with Crippen molar-refractivity contribution in [2.45, 2.75) is 25.8 Å². The fourth-order valence-electron chi connectivity index (χ4n) is 1.82. The van der Waals surface area contributed by atoms with Crippen molar-refractivity contribution in [1.29, 1.82) is 5.41 Å². The Morgan fingerprint density at radius 1 is 1.44 bits per heavy atom. The predicted octanol–water partition coefficient (Wildman–Crippen LogP) is 0.792. The van der Waals surface area contributed by atoms with Crippen molar-refractivity contribution in [3.63, 3.8) is 0 Å². The fourth-order valence-corrected chi connectivity index (χ4v) is 1.82. The molecule has 2 rings (SSSR count). The highest BCUT2D eigenvalue weighted by Gasteiger charge is 2.17. The highest BCUT2D eigenvalue weighted by atomic mass is 15.2. The highest BCUT2D eigenvalue weighted by Crippen LogP contribution is 2.16. The third kappa shape index (κ3) is 2.36. The predicted molar refractivity (Wildman–Crippen MR) is 64.0 cm³/mol. The number of nitrogens with two attached hydrogens (primary N) is 1. The summed E-state index contributed by atoms with van der Waals surface area (Å²) in [7, 11) is 0. The van der Waals surface area contributed by atoms with Crippen LogP contribution in [0.3, 0.4) is 0 Å². The molecule has 1 aliphatic rings. The van der Waals surface area contributed by atoms with E-state index in [0.29, 0.717) is 17.4 Å². The van der Waals surface area contributed by atoms with Gasteiger partial charge in [-0.25, -0.2) is 4.98 Å². The molecule has 5 heteroatoms. The van der Waals surface area contributed by atoms with Crippen LogP contribution in [0.4, 0.5) is 5.82 Å². The van der Waals surface area contributed by atoms with Crippen LogP contribution < -0.4 is 10.6 Å². The first-order valence-corrected chi connectivity index (χ1v) is 5.55. The maximum atomic E-state index is 7.54. The van der Waals surface area contributed by atoms with Crippen LogP contribution in [0.15, 0.2) is 12.4 Å². The molecule has 1 saturated heterocycles. The van der Waals surface area contributed by atoms with Gasteiger partial charge in [-0.3, -0.25) is 4.98 Å². The minimum atomic E-state index is 0.317. The molecule has 0 spiro atoms. The van der Waals surface area contributed by atoms with E-state index in [9.17, 15) is 0 Å². The molecule has 1 aromatic heterocycles. The summed E-state index contributed by atoms with van der Waals surface area (Å²) in [6.07, 6.45) is 5.37. The summed E-state index contributed by atoms with van der Waals surface area (Å²) in [5, 5.41) is 7.54. The van der Waals surface area contributed by atoms with Crippen LogP contribution in [0, 0.1) is 5.41 Å². The van der Waals surface area contributed by atoms with Crippen LogP contribution >= 0.6 is 0 Å². The lowest BCUT2D eigenvalue weighted by atomic mass is 10.1. The second-order valence-corrected chi connectivity index (χ2v) is 4.21.